The fourth-order valence-corrected chi connectivity index (χ4v) is 9.10. The van der Waals surface area contributed by atoms with E-state index in [9.17, 15) is 0 Å². The average Bonchev–Trinajstić information content (AvgIpc) is 2.57. The van der Waals surface area contributed by atoms with Crippen molar-refractivity contribution in [2.75, 3.05) is 0 Å². The summed E-state index contributed by atoms with van der Waals surface area (Å²) in [4.78, 5) is 0. The molecule has 0 unspecified atom stereocenters. The summed E-state index contributed by atoms with van der Waals surface area (Å²) in [7, 11) is 0. The Morgan fingerprint density at radius 3 is 1.23 bits per heavy atom. The minimum absolute atomic E-state index is 0. The van der Waals surface area contributed by atoms with Gasteiger partial charge in [0.1, 0.15) is 0 Å². The average molecular weight is 648 g/mol. The van der Waals surface area contributed by atoms with Gasteiger partial charge in [0.05, 0.1) is 0 Å². The first-order chi connectivity index (χ1) is 10.9. The van der Waals surface area contributed by atoms with E-state index in [1.165, 1.54) is 32.8 Å². The van der Waals surface area contributed by atoms with Gasteiger partial charge in [0, 0.05) is 0 Å². The third-order valence-electron chi connectivity index (χ3n) is 3.25. The van der Waals surface area contributed by atoms with Gasteiger partial charge in [0.2, 0.25) is 0 Å². The summed E-state index contributed by atoms with van der Waals surface area (Å²) in [5.74, 6) is 0. The summed E-state index contributed by atoms with van der Waals surface area (Å²) < 4.78 is 6.33. The van der Waals surface area contributed by atoms with Crippen molar-refractivity contribution in [2.45, 2.75) is 48.4 Å². The molecule has 2 rings (SSSR count). The molecule has 0 radical (unpaired) electrons. The molecule has 0 saturated carbocycles. The van der Waals surface area contributed by atoms with Gasteiger partial charge in [-0.25, -0.2) is 0 Å². The molecule has 0 amide bonds. The zero-order valence-corrected chi connectivity index (χ0v) is 24.3. The van der Waals surface area contributed by atoms with Gasteiger partial charge in [-0.15, -0.1) is 0 Å². The third kappa shape index (κ3) is 19.9. The number of benzene rings is 2. The van der Waals surface area contributed by atoms with Crippen molar-refractivity contribution in [2.24, 2.45) is 0 Å². The molecule has 26 heavy (non-hydrogen) atoms. The van der Waals surface area contributed by atoms with Crippen molar-refractivity contribution < 1.29 is 49.6 Å². The molecule has 0 aromatic heterocycles. The van der Waals surface area contributed by atoms with Gasteiger partial charge in [0.15, 0.2) is 0 Å². The summed E-state index contributed by atoms with van der Waals surface area (Å²) in [5, 5.41) is 0. The predicted octanol–water partition coefficient (Wildman–Crippen LogP) is -7.52. The molecule has 0 aliphatic heterocycles. The second-order valence-corrected chi connectivity index (χ2v) is 13.6. The van der Waals surface area contributed by atoms with Gasteiger partial charge in [-0.05, 0) is 0 Å². The molecular weight excluding hydrogens is 619 g/mol. The van der Waals surface area contributed by atoms with Gasteiger partial charge in [-0.1, -0.05) is 0 Å². The summed E-state index contributed by atoms with van der Waals surface area (Å²) >= 11 is -0.368. The Kier molecular flexibility index (Phi) is 35.0. The van der Waals surface area contributed by atoms with Crippen LogP contribution in [-0.4, -0.2) is 42.3 Å². The first-order valence-electron chi connectivity index (χ1n) is 8.44. The topological polar surface area (TPSA) is 0 Å². The monoisotopic (exact) mass is 648 g/mol. The Morgan fingerprint density at radius 1 is 0.577 bits per heavy atom. The Morgan fingerprint density at radius 2 is 0.923 bits per heavy atom. The Hall–Kier alpha value is 1.20. The number of unbranched alkanes of at least 4 members (excludes halogenated alkanes) is 2. The first kappa shape index (κ1) is 34.7. The Balaban J connectivity index is -0.000000170. The standard InChI is InChI=1S/2C6H5.2C4H9.4ClH.2Sn/c2*1-2-4-6-5-3-1;2*1-3-4-2;;;;;;/h2*1-5H;2*1,3-4H2,2H3;4*1H;;/q;;;;;;;;2*+2/p-4. The molecule has 0 aliphatic rings. The van der Waals surface area contributed by atoms with Crippen LogP contribution < -0.4 is 56.8 Å². The maximum atomic E-state index is 2.29. The zero-order chi connectivity index (χ0) is 15.9. The molecule has 0 atom stereocenters. The van der Waals surface area contributed by atoms with Crippen LogP contribution in [0.5, 0.6) is 0 Å². The molecule has 0 aliphatic carbocycles. The van der Waals surface area contributed by atoms with Crippen molar-refractivity contribution in [3.63, 3.8) is 0 Å². The van der Waals surface area contributed by atoms with Crippen LogP contribution in [-0.2, 0) is 0 Å². The van der Waals surface area contributed by atoms with Gasteiger partial charge in [-0.2, -0.15) is 0 Å². The summed E-state index contributed by atoms with van der Waals surface area (Å²) in [6.45, 7) is 4.58. The number of halogens is 4. The molecule has 2 aromatic rings. The Labute approximate surface area is 206 Å². The van der Waals surface area contributed by atoms with Crippen molar-refractivity contribution in [1.82, 2.24) is 0 Å². The number of hydrogen-bond donors (Lipinski definition) is 0. The van der Waals surface area contributed by atoms with Crippen LogP contribution in [0, 0.1) is 0 Å². The molecular formula is C20H28Cl4Sn2. The summed E-state index contributed by atoms with van der Waals surface area (Å²) in [6, 6.07) is 21.6. The molecule has 0 bridgehead atoms. The van der Waals surface area contributed by atoms with Crippen LogP contribution in [0.25, 0.3) is 0 Å². The second-order valence-electron chi connectivity index (χ2n) is 5.31. The Bertz CT molecular complexity index is 426. The van der Waals surface area contributed by atoms with Crippen molar-refractivity contribution >= 4 is 49.4 Å². The minimum atomic E-state index is -0.517. The van der Waals surface area contributed by atoms with Crippen LogP contribution in [0.2, 0.25) is 8.87 Å². The first-order valence-corrected chi connectivity index (χ1v) is 15.3. The fraction of sp³-hybridized carbons (Fsp3) is 0.400. The summed E-state index contributed by atoms with van der Waals surface area (Å²) in [5.41, 5.74) is 0. The molecule has 0 spiro atoms. The molecule has 0 heterocycles. The van der Waals surface area contributed by atoms with E-state index in [4.69, 9.17) is 0 Å². The van der Waals surface area contributed by atoms with E-state index >= 15 is 0 Å². The third-order valence-corrected chi connectivity index (χ3v) is 10.8. The van der Waals surface area contributed by atoms with Gasteiger partial charge in [-0.3, -0.25) is 0 Å². The zero-order valence-electron chi connectivity index (χ0n) is 15.5. The van der Waals surface area contributed by atoms with E-state index in [0.717, 1.165) is 0 Å². The van der Waals surface area contributed by atoms with Crippen LogP contribution in [0.15, 0.2) is 60.7 Å². The van der Waals surface area contributed by atoms with Crippen molar-refractivity contribution in [3.05, 3.63) is 60.7 Å². The molecule has 144 valence electrons. The van der Waals surface area contributed by atoms with E-state index < -0.39 is 21.1 Å². The predicted molar refractivity (Wildman–Crippen MR) is 103 cm³/mol. The normalized spacial score (nSPS) is 7.77. The van der Waals surface area contributed by atoms with E-state index in [-0.39, 0.29) is 70.8 Å². The van der Waals surface area contributed by atoms with Crippen LogP contribution in [0.3, 0.4) is 0 Å². The van der Waals surface area contributed by atoms with Crippen LogP contribution in [0.4, 0.5) is 0 Å². The summed E-state index contributed by atoms with van der Waals surface area (Å²) in [6.07, 6.45) is 5.84. The molecule has 2 aromatic carbocycles. The molecule has 6 heteroatoms. The molecule has 0 N–H and O–H groups in total. The molecule has 0 saturated heterocycles. The maximum absolute atomic E-state index is 2.29. The van der Waals surface area contributed by atoms with Gasteiger partial charge < -0.3 is 49.6 Å². The SMILES string of the molecule is CCC[CH2][Sn+2][CH2]CCC.[Cl-].[Cl-].[Cl-].[Cl-].c1cc[c]([Sn+2][c]2ccccc2)cc1. The van der Waals surface area contributed by atoms with Crippen molar-refractivity contribution in [3.8, 4) is 0 Å². The van der Waals surface area contributed by atoms with Crippen LogP contribution in [0.1, 0.15) is 39.5 Å². The second kappa shape index (κ2) is 26.2. The van der Waals surface area contributed by atoms with E-state index in [2.05, 4.69) is 74.5 Å². The number of rotatable bonds is 8. The van der Waals surface area contributed by atoms with E-state index in [1.807, 2.05) is 0 Å². The molecule has 0 nitrogen and oxygen atoms in total. The quantitative estimate of drug-likeness (QED) is 0.198. The van der Waals surface area contributed by atoms with Crippen LogP contribution >= 0.6 is 0 Å². The fourth-order valence-electron chi connectivity index (χ4n) is 1.94. The number of hydrogen-bond acceptors (Lipinski definition) is 0. The van der Waals surface area contributed by atoms with Crippen molar-refractivity contribution in [1.29, 1.82) is 0 Å². The van der Waals surface area contributed by atoms with E-state index in [0.29, 0.717) is 0 Å². The molecule has 0 fully saturated rings. The van der Waals surface area contributed by atoms with Gasteiger partial charge >= 0.3 is 159 Å². The van der Waals surface area contributed by atoms with Gasteiger partial charge in [0.25, 0.3) is 0 Å². The van der Waals surface area contributed by atoms with E-state index in [1.54, 1.807) is 8.87 Å².